The third-order valence-corrected chi connectivity index (χ3v) is 3.21. The number of carbonyl (C=O) groups excluding carboxylic acids is 1. The van der Waals surface area contributed by atoms with Crippen LogP contribution in [0, 0.1) is 0 Å². The van der Waals surface area contributed by atoms with E-state index in [2.05, 4.69) is 15.4 Å². The Balaban J connectivity index is 1.82. The molecule has 22 heavy (non-hydrogen) atoms. The first kappa shape index (κ1) is 14.1. The van der Waals surface area contributed by atoms with E-state index in [-0.39, 0.29) is 5.69 Å². The van der Waals surface area contributed by atoms with Crippen LogP contribution in [0.1, 0.15) is 10.5 Å². The number of ether oxygens (including phenoxy) is 1. The van der Waals surface area contributed by atoms with Crippen molar-refractivity contribution in [2.75, 3.05) is 0 Å². The lowest BCUT2D eigenvalue weighted by molar-refractivity contribution is 0.0996. The monoisotopic (exact) mass is 314 g/mol. The lowest BCUT2D eigenvalue weighted by atomic mass is 10.1. The smallest absolute Gasteiger partial charge is 0.271 e. The molecule has 0 aliphatic heterocycles. The topological polar surface area (TPSA) is 93.9 Å². The molecule has 0 bridgehead atoms. The molecule has 7 heteroatoms. The van der Waals surface area contributed by atoms with Crippen molar-refractivity contribution in [1.82, 2.24) is 15.4 Å². The van der Waals surface area contributed by atoms with Crippen molar-refractivity contribution in [2.45, 2.75) is 0 Å². The number of amides is 1. The number of aromatic amines is 1. The third kappa shape index (κ3) is 2.91. The molecule has 3 N–H and O–H groups in total. The summed E-state index contributed by atoms with van der Waals surface area (Å²) in [5, 5.41) is 10.7. The molecule has 0 aliphatic rings. The minimum absolute atomic E-state index is 0.103. The normalized spacial score (nSPS) is 10.4. The molecule has 2 aromatic carbocycles. The summed E-state index contributed by atoms with van der Waals surface area (Å²) in [5.41, 5.74) is 6.47. The highest BCUT2D eigenvalue weighted by molar-refractivity contribution is 6.30. The summed E-state index contributed by atoms with van der Waals surface area (Å²) in [6.45, 7) is 0. The number of halogens is 1. The molecule has 3 rings (SSSR count). The molecule has 1 heterocycles. The Hall–Kier alpha value is -2.86. The number of aromatic nitrogens is 3. The summed E-state index contributed by atoms with van der Waals surface area (Å²) in [4.78, 5) is 11.3. The van der Waals surface area contributed by atoms with E-state index in [1.54, 1.807) is 48.5 Å². The Morgan fingerprint density at radius 3 is 2.18 bits per heavy atom. The molecule has 3 aromatic rings. The highest BCUT2D eigenvalue weighted by Gasteiger charge is 2.14. The maximum Gasteiger partial charge on any atom is 0.271 e. The van der Waals surface area contributed by atoms with Gasteiger partial charge in [0.1, 0.15) is 17.2 Å². The maximum absolute atomic E-state index is 11.3. The average Bonchev–Trinajstić information content (AvgIpc) is 3.00. The van der Waals surface area contributed by atoms with Crippen LogP contribution in [0.15, 0.2) is 48.5 Å². The summed E-state index contributed by atoms with van der Waals surface area (Å²) in [6.07, 6.45) is 0. The minimum atomic E-state index is -0.634. The zero-order valence-corrected chi connectivity index (χ0v) is 12.0. The molecule has 0 unspecified atom stereocenters. The van der Waals surface area contributed by atoms with Crippen molar-refractivity contribution in [1.29, 1.82) is 0 Å². The molecule has 0 radical (unpaired) electrons. The van der Waals surface area contributed by atoms with Crippen LogP contribution in [0.5, 0.6) is 11.5 Å². The van der Waals surface area contributed by atoms with Gasteiger partial charge in [0, 0.05) is 10.6 Å². The maximum atomic E-state index is 11.3. The van der Waals surface area contributed by atoms with Crippen molar-refractivity contribution in [2.24, 2.45) is 5.73 Å². The van der Waals surface area contributed by atoms with Gasteiger partial charge in [-0.1, -0.05) is 11.6 Å². The quantitative estimate of drug-likeness (QED) is 0.774. The van der Waals surface area contributed by atoms with E-state index in [4.69, 9.17) is 22.1 Å². The Bertz CT molecular complexity index is 797. The van der Waals surface area contributed by atoms with Crippen LogP contribution in [0.3, 0.4) is 0 Å². The van der Waals surface area contributed by atoms with E-state index in [0.29, 0.717) is 27.8 Å². The van der Waals surface area contributed by atoms with Gasteiger partial charge in [-0.25, -0.2) is 0 Å². The van der Waals surface area contributed by atoms with Gasteiger partial charge in [-0.15, -0.1) is 0 Å². The van der Waals surface area contributed by atoms with E-state index in [0.717, 1.165) is 0 Å². The number of carbonyl (C=O) groups is 1. The van der Waals surface area contributed by atoms with E-state index in [1.807, 2.05) is 0 Å². The second-order valence-corrected chi connectivity index (χ2v) is 4.90. The molecule has 0 fully saturated rings. The summed E-state index contributed by atoms with van der Waals surface area (Å²) >= 11 is 5.82. The standard InChI is InChI=1S/C15H11ClN4O2/c16-10-3-7-12(8-4-10)22-11-5-1-9(2-6-11)13-14(15(17)21)19-20-18-13/h1-8H,(H2,17,21)(H,18,19,20). The number of rotatable bonds is 4. The van der Waals surface area contributed by atoms with Crippen LogP contribution >= 0.6 is 11.6 Å². The zero-order valence-electron chi connectivity index (χ0n) is 11.3. The van der Waals surface area contributed by atoms with Gasteiger partial charge in [0.15, 0.2) is 5.69 Å². The Morgan fingerprint density at radius 2 is 1.59 bits per heavy atom. The second-order valence-electron chi connectivity index (χ2n) is 4.47. The molecule has 0 atom stereocenters. The summed E-state index contributed by atoms with van der Waals surface area (Å²) in [6, 6.07) is 14.1. The van der Waals surface area contributed by atoms with Gasteiger partial charge in [0.05, 0.1) is 0 Å². The molecule has 0 spiro atoms. The van der Waals surface area contributed by atoms with Gasteiger partial charge < -0.3 is 10.5 Å². The first-order chi connectivity index (χ1) is 10.6. The molecule has 0 saturated heterocycles. The fraction of sp³-hybridized carbons (Fsp3) is 0. The number of primary amides is 1. The van der Waals surface area contributed by atoms with Crippen LogP contribution in [0.4, 0.5) is 0 Å². The van der Waals surface area contributed by atoms with Crippen LogP contribution in [-0.4, -0.2) is 21.3 Å². The molecular formula is C15H11ClN4O2. The Labute approximate surface area is 130 Å². The van der Waals surface area contributed by atoms with E-state index >= 15 is 0 Å². The first-order valence-corrected chi connectivity index (χ1v) is 6.76. The first-order valence-electron chi connectivity index (χ1n) is 6.38. The fourth-order valence-corrected chi connectivity index (χ4v) is 2.05. The van der Waals surface area contributed by atoms with Gasteiger partial charge >= 0.3 is 0 Å². The Kier molecular flexibility index (Phi) is 3.76. The van der Waals surface area contributed by atoms with Gasteiger partial charge in [-0.05, 0) is 48.5 Å². The van der Waals surface area contributed by atoms with E-state index in [9.17, 15) is 4.79 Å². The van der Waals surface area contributed by atoms with Crippen LogP contribution in [0.25, 0.3) is 11.3 Å². The second kappa shape index (κ2) is 5.87. The highest BCUT2D eigenvalue weighted by atomic mass is 35.5. The van der Waals surface area contributed by atoms with Crippen LogP contribution < -0.4 is 10.5 Å². The third-order valence-electron chi connectivity index (χ3n) is 2.96. The zero-order chi connectivity index (χ0) is 15.5. The lowest BCUT2D eigenvalue weighted by Crippen LogP contribution is -2.12. The summed E-state index contributed by atoms with van der Waals surface area (Å²) in [5.74, 6) is 0.692. The molecule has 0 aliphatic carbocycles. The van der Waals surface area contributed by atoms with Gasteiger partial charge in [-0.2, -0.15) is 15.4 Å². The van der Waals surface area contributed by atoms with Crippen molar-refractivity contribution in [3.8, 4) is 22.8 Å². The molecule has 1 amide bonds. The van der Waals surface area contributed by atoms with Crippen molar-refractivity contribution >= 4 is 17.5 Å². The van der Waals surface area contributed by atoms with Crippen molar-refractivity contribution in [3.63, 3.8) is 0 Å². The van der Waals surface area contributed by atoms with Crippen molar-refractivity contribution < 1.29 is 9.53 Å². The van der Waals surface area contributed by atoms with Crippen LogP contribution in [0.2, 0.25) is 5.02 Å². The SMILES string of the molecule is NC(=O)c1n[nH]nc1-c1ccc(Oc2ccc(Cl)cc2)cc1. The Morgan fingerprint density at radius 1 is 1.00 bits per heavy atom. The predicted molar refractivity (Wildman–Crippen MR) is 81.9 cm³/mol. The summed E-state index contributed by atoms with van der Waals surface area (Å²) < 4.78 is 5.69. The number of H-pyrrole nitrogens is 1. The molecule has 6 nitrogen and oxygen atoms in total. The van der Waals surface area contributed by atoms with E-state index in [1.165, 1.54) is 0 Å². The lowest BCUT2D eigenvalue weighted by Gasteiger charge is -2.06. The fourth-order valence-electron chi connectivity index (χ4n) is 1.92. The van der Waals surface area contributed by atoms with Crippen molar-refractivity contribution in [3.05, 3.63) is 59.2 Å². The predicted octanol–water partition coefficient (Wildman–Crippen LogP) is 3.02. The van der Waals surface area contributed by atoms with Gasteiger partial charge in [0.2, 0.25) is 0 Å². The number of nitrogens with two attached hydrogens (primary N) is 1. The van der Waals surface area contributed by atoms with Gasteiger partial charge in [-0.3, -0.25) is 4.79 Å². The number of benzene rings is 2. The number of nitrogens with one attached hydrogen (secondary N) is 1. The summed E-state index contributed by atoms with van der Waals surface area (Å²) in [7, 11) is 0. The number of hydrogen-bond acceptors (Lipinski definition) is 4. The largest absolute Gasteiger partial charge is 0.457 e. The highest BCUT2D eigenvalue weighted by Crippen LogP contribution is 2.26. The number of nitrogens with zero attached hydrogens (tertiary/aromatic N) is 2. The molecular weight excluding hydrogens is 304 g/mol. The average molecular weight is 315 g/mol. The minimum Gasteiger partial charge on any atom is -0.457 e. The van der Waals surface area contributed by atoms with E-state index < -0.39 is 5.91 Å². The molecule has 0 saturated carbocycles. The van der Waals surface area contributed by atoms with Crippen LogP contribution in [-0.2, 0) is 0 Å². The van der Waals surface area contributed by atoms with Gasteiger partial charge in [0.25, 0.3) is 5.91 Å². The molecule has 1 aromatic heterocycles. The molecule has 110 valence electrons. The number of hydrogen-bond donors (Lipinski definition) is 2.